The van der Waals surface area contributed by atoms with Crippen LogP contribution in [0.2, 0.25) is 0 Å². The molecule has 0 fully saturated rings. The van der Waals surface area contributed by atoms with E-state index in [0.717, 1.165) is 12.8 Å². The second kappa shape index (κ2) is 12.2. The molecule has 1 unspecified atom stereocenters. The van der Waals surface area contributed by atoms with Crippen LogP contribution in [0.1, 0.15) is 90.4 Å². The number of aliphatic hydroxyl groups is 1. The van der Waals surface area contributed by atoms with Gasteiger partial charge in [0.15, 0.2) is 0 Å². The number of nitrogens with two attached hydrogens (primary N) is 1. The van der Waals surface area contributed by atoms with E-state index in [4.69, 9.17) is 10.8 Å². The molecule has 20 heavy (non-hydrogen) atoms. The highest BCUT2D eigenvalue weighted by molar-refractivity contribution is 5.66. The van der Waals surface area contributed by atoms with Gasteiger partial charge in [0.05, 0.1) is 0 Å². The Bertz CT molecular complexity index is 242. The number of hydrogen-bond donors (Lipinski definition) is 3. The first-order chi connectivity index (χ1) is 9.48. The minimum absolute atomic E-state index is 0.0647. The smallest absolute Gasteiger partial charge is 0.303 e. The van der Waals surface area contributed by atoms with Crippen molar-refractivity contribution < 1.29 is 15.0 Å². The van der Waals surface area contributed by atoms with E-state index in [-0.39, 0.29) is 12.8 Å². The van der Waals surface area contributed by atoms with Gasteiger partial charge in [-0.25, -0.2) is 0 Å². The van der Waals surface area contributed by atoms with Crippen LogP contribution in [0, 0.1) is 0 Å². The largest absolute Gasteiger partial charge is 0.481 e. The highest BCUT2D eigenvalue weighted by atomic mass is 16.4. The number of aliphatic carboxylic acids is 1. The van der Waals surface area contributed by atoms with Crippen LogP contribution in [-0.2, 0) is 4.79 Å². The summed E-state index contributed by atoms with van der Waals surface area (Å²) in [5, 5.41) is 18.4. The summed E-state index contributed by atoms with van der Waals surface area (Å²) in [6, 6.07) is 0. The molecule has 4 heteroatoms. The molecule has 0 heterocycles. The third kappa shape index (κ3) is 13.8. The quantitative estimate of drug-likeness (QED) is 0.335. The van der Waals surface area contributed by atoms with E-state index in [1.54, 1.807) is 0 Å². The zero-order valence-corrected chi connectivity index (χ0v) is 13.1. The number of rotatable bonds is 14. The standard InChI is InChI=1S/C16H33NO3/c1-2-3-4-5-6-7-8-9-10-11-13-16(17,20)14-12-15(18)19/h20H,2-14,17H2,1H3,(H,18,19). The van der Waals surface area contributed by atoms with Crippen molar-refractivity contribution in [2.45, 2.75) is 96.1 Å². The summed E-state index contributed by atoms with van der Waals surface area (Å²) in [5.74, 6) is -0.906. The molecular formula is C16H33NO3. The summed E-state index contributed by atoms with van der Waals surface area (Å²) in [4.78, 5) is 10.4. The van der Waals surface area contributed by atoms with Gasteiger partial charge >= 0.3 is 5.97 Å². The number of hydrogen-bond acceptors (Lipinski definition) is 3. The number of carboxylic acid groups (broad SMARTS) is 1. The maximum Gasteiger partial charge on any atom is 0.303 e. The van der Waals surface area contributed by atoms with Gasteiger partial charge in [0.2, 0.25) is 0 Å². The van der Waals surface area contributed by atoms with Crippen molar-refractivity contribution in [3.8, 4) is 0 Å². The monoisotopic (exact) mass is 287 g/mol. The normalized spacial score (nSPS) is 14.2. The maximum atomic E-state index is 10.4. The molecule has 1 atom stereocenters. The Morgan fingerprint density at radius 1 is 0.900 bits per heavy atom. The van der Waals surface area contributed by atoms with Crippen LogP contribution < -0.4 is 5.73 Å². The molecule has 0 amide bonds. The molecule has 0 saturated heterocycles. The molecule has 0 aliphatic carbocycles. The Morgan fingerprint density at radius 2 is 1.35 bits per heavy atom. The van der Waals surface area contributed by atoms with Crippen LogP contribution >= 0.6 is 0 Å². The summed E-state index contributed by atoms with van der Waals surface area (Å²) >= 11 is 0. The van der Waals surface area contributed by atoms with Crippen molar-refractivity contribution in [2.24, 2.45) is 5.73 Å². The Labute approximate surface area is 123 Å². The average molecular weight is 287 g/mol. The third-order valence-electron chi connectivity index (χ3n) is 3.74. The Hall–Kier alpha value is -0.610. The number of carbonyl (C=O) groups is 1. The topological polar surface area (TPSA) is 83.5 Å². The van der Waals surface area contributed by atoms with Gasteiger partial charge in [-0.2, -0.15) is 0 Å². The van der Waals surface area contributed by atoms with Crippen LogP contribution in [0.4, 0.5) is 0 Å². The van der Waals surface area contributed by atoms with E-state index in [1.165, 1.54) is 51.4 Å². The van der Waals surface area contributed by atoms with Crippen molar-refractivity contribution in [1.82, 2.24) is 0 Å². The Balaban J connectivity index is 3.32. The molecule has 0 rings (SSSR count). The van der Waals surface area contributed by atoms with Gasteiger partial charge in [0.25, 0.3) is 0 Å². The lowest BCUT2D eigenvalue weighted by Gasteiger charge is -2.22. The van der Waals surface area contributed by atoms with E-state index in [9.17, 15) is 9.90 Å². The molecular weight excluding hydrogens is 254 g/mol. The highest BCUT2D eigenvalue weighted by Gasteiger charge is 2.21. The van der Waals surface area contributed by atoms with E-state index in [0.29, 0.717) is 6.42 Å². The summed E-state index contributed by atoms with van der Waals surface area (Å²) in [6.07, 6.45) is 13.0. The van der Waals surface area contributed by atoms with Crippen molar-refractivity contribution in [3.05, 3.63) is 0 Å². The zero-order valence-electron chi connectivity index (χ0n) is 13.1. The summed E-state index contributed by atoms with van der Waals surface area (Å²) in [5.41, 5.74) is 4.36. The van der Waals surface area contributed by atoms with Gasteiger partial charge < -0.3 is 15.9 Å². The van der Waals surface area contributed by atoms with Gasteiger partial charge in [0, 0.05) is 6.42 Å². The van der Waals surface area contributed by atoms with Crippen LogP contribution in [0.3, 0.4) is 0 Å². The Kier molecular flexibility index (Phi) is 11.8. The molecule has 120 valence electrons. The fourth-order valence-electron chi connectivity index (χ4n) is 2.37. The maximum absolute atomic E-state index is 10.4. The number of carboxylic acids is 1. The Morgan fingerprint density at radius 3 is 1.80 bits per heavy atom. The predicted molar refractivity (Wildman–Crippen MR) is 82.5 cm³/mol. The van der Waals surface area contributed by atoms with E-state index in [1.807, 2.05) is 0 Å². The first-order valence-electron chi connectivity index (χ1n) is 8.21. The van der Waals surface area contributed by atoms with Gasteiger partial charge in [-0.3, -0.25) is 4.79 Å². The molecule has 0 aliphatic heterocycles. The second-order valence-corrected chi connectivity index (χ2v) is 5.93. The molecule has 0 aliphatic rings. The SMILES string of the molecule is CCCCCCCCCCCCC(N)(O)CCC(=O)O. The van der Waals surface area contributed by atoms with Crippen LogP contribution in [-0.4, -0.2) is 21.9 Å². The van der Waals surface area contributed by atoms with Gasteiger partial charge in [-0.15, -0.1) is 0 Å². The molecule has 0 bridgehead atoms. The molecule has 0 saturated carbocycles. The molecule has 0 radical (unpaired) electrons. The van der Waals surface area contributed by atoms with Gasteiger partial charge in [-0.05, 0) is 19.3 Å². The summed E-state index contributed by atoms with van der Waals surface area (Å²) in [6.45, 7) is 2.23. The minimum atomic E-state index is -1.31. The first-order valence-corrected chi connectivity index (χ1v) is 8.21. The summed E-state index contributed by atoms with van der Waals surface area (Å²) in [7, 11) is 0. The second-order valence-electron chi connectivity index (χ2n) is 5.93. The summed E-state index contributed by atoms with van der Waals surface area (Å²) < 4.78 is 0. The van der Waals surface area contributed by atoms with E-state index >= 15 is 0 Å². The van der Waals surface area contributed by atoms with E-state index < -0.39 is 11.7 Å². The molecule has 0 aromatic carbocycles. The minimum Gasteiger partial charge on any atom is -0.481 e. The van der Waals surface area contributed by atoms with Crippen LogP contribution in [0.25, 0.3) is 0 Å². The van der Waals surface area contributed by atoms with Gasteiger partial charge in [-0.1, -0.05) is 64.7 Å². The zero-order chi connectivity index (χ0) is 15.3. The van der Waals surface area contributed by atoms with Crippen molar-refractivity contribution in [2.75, 3.05) is 0 Å². The molecule has 0 aromatic rings. The lowest BCUT2D eigenvalue weighted by Crippen LogP contribution is -2.39. The van der Waals surface area contributed by atoms with Crippen molar-refractivity contribution >= 4 is 5.97 Å². The lowest BCUT2D eigenvalue weighted by atomic mass is 9.99. The van der Waals surface area contributed by atoms with Gasteiger partial charge in [0.1, 0.15) is 5.72 Å². The third-order valence-corrected chi connectivity index (χ3v) is 3.74. The van der Waals surface area contributed by atoms with Crippen LogP contribution in [0.5, 0.6) is 0 Å². The molecule has 0 aromatic heterocycles. The molecule has 4 nitrogen and oxygen atoms in total. The fourth-order valence-corrected chi connectivity index (χ4v) is 2.37. The average Bonchev–Trinajstić information content (AvgIpc) is 2.39. The molecule has 4 N–H and O–H groups in total. The van der Waals surface area contributed by atoms with Crippen molar-refractivity contribution in [3.63, 3.8) is 0 Å². The van der Waals surface area contributed by atoms with Crippen molar-refractivity contribution in [1.29, 1.82) is 0 Å². The van der Waals surface area contributed by atoms with Crippen LogP contribution in [0.15, 0.2) is 0 Å². The van der Waals surface area contributed by atoms with E-state index in [2.05, 4.69) is 6.92 Å². The highest BCUT2D eigenvalue weighted by Crippen LogP contribution is 2.17. The first kappa shape index (κ1) is 19.4. The fraction of sp³-hybridized carbons (Fsp3) is 0.938. The predicted octanol–water partition coefficient (Wildman–Crippen LogP) is 3.81. The number of unbranched alkanes of at least 4 members (excludes halogenated alkanes) is 9. The lowest BCUT2D eigenvalue weighted by molar-refractivity contribution is -0.138. The molecule has 0 spiro atoms.